The number of nitro benzene ring substituents is 1. The van der Waals surface area contributed by atoms with Crippen LogP contribution in [0.2, 0.25) is 5.02 Å². The molecule has 2 rings (SSSR count). The number of carbonyl (C=O) groups excluding carboxylic acids is 1. The zero-order chi connectivity index (χ0) is 18.6. The van der Waals surface area contributed by atoms with E-state index in [0.29, 0.717) is 5.92 Å². The van der Waals surface area contributed by atoms with Crippen molar-refractivity contribution in [3.63, 3.8) is 0 Å². The summed E-state index contributed by atoms with van der Waals surface area (Å²) in [7, 11) is 0. The van der Waals surface area contributed by atoms with Crippen molar-refractivity contribution in [3.8, 4) is 11.8 Å². The lowest BCUT2D eigenvalue weighted by molar-refractivity contribution is -0.398. The van der Waals surface area contributed by atoms with E-state index in [1.54, 1.807) is 6.07 Å². The second-order valence-corrected chi connectivity index (χ2v) is 6.55. The van der Waals surface area contributed by atoms with Crippen LogP contribution in [0.15, 0.2) is 17.7 Å². The van der Waals surface area contributed by atoms with Crippen molar-refractivity contribution >= 4 is 29.3 Å². The first-order valence-electron chi connectivity index (χ1n) is 7.91. The molecule has 1 aliphatic rings. The van der Waals surface area contributed by atoms with E-state index in [1.807, 2.05) is 6.92 Å². The number of nitro groups is 1. The molecule has 0 aromatic heterocycles. The van der Waals surface area contributed by atoms with Gasteiger partial charge in [-0.15, -0.1) is 0 Å². The summed E-state index contributed by atoms with van der Waals surface area (Å²) in [6.07, 6.45) is 5.00. The number of benzene rings is 1. The Morgan fingerprint density at radius 2 is 2.12 bits per heavy atom. The zero-order valence-electron chi connectivity index (χ0n) is 13.6. The first kappa shape index (κ1) is 18.7. The quantitative estimate of drug-likeness (QED) is 0.382. The third-order valence-electron chi connectivity index (χ3n) is 4.35. The largest absolute Gasteiger partial charge is 0.867 e. The predicted octanol–water partition coefficient (Wildman–Crippen LogP) is 2.92. The maximum atomic E-state index is 12.3. The second kappa shape index (κ2) is 7.99. The summed E-state index contributed by atoms with van der Waals surface area (Å²) in [4.78, 5) is 22.4. The Balaban J connectivity index is 2.29. The van der Waals surface area contributed by atoms with Crippen LogP contribution >= 0.6 is 11.6 Å². The van der Waals surface area contributed by atoms with E-state index in [2.05, 4.69) is 5.32 Å². The molecule has 25 heavy (non-hydrogen) atoms. The average molecular weight is 363 g/mol. The lowest BCUT2D eigenvalue weighted by atomic mass is 9.86. The number of amides is 1. The number of halogens is 1. The fourth-order valence-corrected chi connectivity index (χ4v) is 3.14. The summed E-state index contributed by atoms with van der Waals surface area (Å²) >= 11 is 5.79. The van der Waals surface area contributed by atoms with Gasteiger partial charge in [0, 0.05) is 17.1 Å². The van der Waals surface area contributed by atoms with Crippen molar-refractivity contribution in [2.75, 3.05) is 0 Å². The van der Waals surface area contributed by atoms with E-state index in [9.17, 15) is 25.3 Å². The third kappa shape index (κ3) is 4.48. The lowest BCUT2D eigenvalue weighted by Gasteiger charge is -2.29. The molecule has 7 nitrogen and oxygen atoms in total. The Morgan fingerprint density at radius 1 is 1.44 bits per heavy atom. The van der Waals surface area contributed by atoms with Crippen molar-refractivity contribution in [2.24, 2.45) is 5.92 Å². The number of hydrogen-bond acceptors (Lipinski definition) is 5. The van der Waals surface area contributed by atoms with Gasteiger partial charge in [0.15, 0.2) is 0 Å². The van der Waals surface area contributed by atoms with Crippen LogP contribution in [0.3, 0.4) is 0 Å². The highest BCUT2D eigenvalue weighted by molar-refractivity contribution is 6.31. The van der Waals surface area contributed by atoms with Crippen molar-refractivity contribution in [3.05, 3.63) is 38.4 Å². The van der Waals surface area contributed by atoms with Gasteiger partial charge in [-0.05, 0) is 42.2 Å². The fraction of sp³-hybridized carbons (Fsp3) is 0.412. The molecule has 1 fully saturated rings. The zero-order valence-corrected chi connectivity index (χ0v) is 14.4. The summed E-state index contributed by atoms with van der Waals surface area (Å²) in [5.74, 6) is -1.18. The molecule has 0 bridgehead atoms. The molecule has 1 saturated carbocycles. The first-order valence-corrected chi connectivity index (χ1v) is 8.29. The molecule has 1 amide bonds. The number of nitrogens with zero attached hydrogens (tertiary/aromatic N) is 2. The van der Waals surface area contributed by atoms with Crippen LogP contribution < -0.4 is 10.4 Å². The van der Waals surface area contributed by atoms with Crippen LogP contribution in [0.25, 0.3) is 6.08 Å². The van der Waals surface area contributed by atoms with Crippen molar-refractivity contribution in [1.29, 1.82) is 5.26 Å². The molecule has 0 spiro atoms. The Kier molecular flexibility index (Phi) is 5.99. The van der Waals surface area contributed by atoms with Gasteiger partial charge in [-0.25, -0.2) is 0 Å². The smallest absolute Gasteiger partial charge is 0.263 e. The molecule has 2 atom stereocenters. The number of rotatable bonds is 4. The van der Waals surface area contributed by atoms with Crippen LogP contribution in [0.4, 0.5) is 5.69 Å². The monoisotopic (exact) mass is 362 g/mol. The van der Waals surface area contributed by atoms with Crippen molar-refractivity contribution in [1.82, 2.24) is 5.32 Å². The van der Waals surface area contributed by atoms with E-state index in [1.165, 1.54) is 6.07 Å². The minimum Gasteiger partial charge on any atom is -0.867 e. The SMILES string of the molecule is C[C@@H]1CCCC[C@@H]1NC(=O)/C(C#N)=C/c1cc(Cl)cc([N+](=O)[O-])c1[O-]. The predicted molar refractivity (Wildman–Crippen MR) is 90.7 cm³/mol. The molecule has 0 unspecified atom stereocenters. The number of hydrogen-bond donors (Lipinski definition) is 1. The molecular weight excluding hydrogens is 346 g/mol. The molecule has 1 N–H and O–H groups in total. The Bertz CT molecular complexity index is 770. The van der Waals surface area contributed by atoms with Gasteiger partial charge in [0.2, 0.25) is 0 Å². The van der Waals surface area contributed by atoms with Crippen molar-refractivity contribution < 1.29 is 14.8 Å². The minimum atomic E-state index is -0.888. The Morgan fingerprint density at radius 3 is 2.72 bits per heavy atom. The molecular formula is C17H17ClN3O4-. The molecule has 1 aromatic rings. The van der Waals surface area contributed by atoms with Gasteiger partial charge in [0.1, 0.15) is 11.6 Å². The van der Waals surface area contributed by atoms with Gasteiger partial charge in [-0.3, -0.25) is 14.9 Å². The summed E-state index contributed by atoms with van der Waals surface area (Å²) < 4.78 is 0. The van der Waals surface area contributed by atoms with Crippen LogP contribution in [0.5, 0.6) is 5.75 Å². The molecule has 0 heterocycles. The summed E-state index contributed by atoms with van der Waals surface area (Å²) in [5, 5.41) is 35.0. The van der Waals surface area contributed by atoms with Gasteiger partial charge in [-0.2, -0.15) is 5.26 Å². The topological polar surface area (TPSA) is 119 Å². The van der Waals surface area contributed by atoms with Gasteiger partial charge >= 0.3 is 0 Å². The molecule has 0 saturated heterocycles. The molecule has 1 aromatic carbocycles. The van der Waals surface area contributed by atoms with E-state index < -0.39 is 22.3 Å². The number of carbonyl (C=O) groups is 1. The Labute approximate surface area is 150 Å². The highest BCUT2D eigenvalue weighted by Gasteiger charge is 2.24. The second-order valence-electron chi connectivity index (χ2n) is 6.11. The fourth-order valence-electron chi connectivity index (χ4n) is 2.92. The molecule has 0 aliphatic heterocycles. The average Bonchev–Trinajstić information content (AvgIpc) is 2.56. The summed E-state index contributed by atoms with van der Waals surface area (Å²) in [6, 6.07) is 3.86. The standard InChI is InChI=1S/C17H18ClN3O4/c1-10-4-2-3-5-14(10)20-17(23)12(9-19)6-11-7-13(18)8-15(16(11)22)21(24)25/h6-8,10,14,22H,2-5H2,1H3,(H,20,23)/p-1/b12-6+/t10-,14+/m1/s1. The molecule has 132 valence electrons. The van der Waals surface area contributed by atoms with Gasteiger partial charge in [0.25, 0.3) is 11.6 Å². The van der Waals surface area contributed by atoms with Crippen LogP contribution in [0.1, 0.15) is 38.2 Å². The van der Waals surface area contributed by atoms with Crippen LogP contribution in [-0.2, 0) is 4.79 Å². The van der Waals surface area contributed by atoms with Gasteiger partial charge < -0.3 is 10.4 Å². The highest BCUT2D eigenvalue weighted by atomic mass is 35.5. The summed E-state index contributed by atoms with van der Waals surface area (Å²) in [6.45, 7) is 2.04. The minimum absolute atomic E-state index is 0.0175. The number of nitrogens with one attached hydrogen (secondary N) is 1. The normalized spacial score (nSPS) is 20.6. The van der Waals surface area contributed by atoms with Gasteiger partial charge in [0.05, 0.1) is 4.92 Å². The maximum Gasteiger partial charge on any atom is 0.263 e. The molecule has 1 aliphatic carbocycles. The number of nitriles is 1. The van der Waals surface area contributed by atoms with E-state index in [4.69, 9.17) is 11.6 Å². The Hall–Kier alpha value is -2.59. The van der Waals surface area contributed by atoms with Crippen LogP contribution in [-0.4, -0.2) is 16.9 Å². The lowest BCUT2D eigenvalue weighted by Crippen LogP contribution is -2.41. The maximum absolute atomic E-state index is 12.3. The van der Waals surface area contributed by atoms with Crippen LogP contribution in [0, 0.1) is 27.4 Å². The van der Waals surface area contributed by atoms with E-state index in [0.717, 1.165) is 37.8 Å². The van der Waals surface area contributed by atoms with E-state index >= 15 is 0 Å². The first-order chi connectivity index (χ1) is 11.8. The molecule has 8 heteroatoms. The highest BCUT2D eigenvalue weighted by Crippen LogP contribution is 2.32. The van der Waals surface area contributed by atoms with Crippen molar-refractivity contribution in [2.45, 2.75) is 38.6 Å². The van der Waals surface area contributed by atoms with Gasteiger partial charge in [-0.1, -0.05) is 31.4 Å². The third-order valence-corrected chi connectivity index (χ3v) is 4.57. The summed E-state index contributed by atoms with van der Waals surface area (Å²) in [5.41, 5.74) is -1.15. The van der Waals surface area contributed by atoms with E-state index in [-0.39, 0.29) is 22.2 Å². The molecule has 0 radical (unpaired) electrons.